The van der Waals surface area contributed by atoms with Gasteiger partial charge < -0.3 is 0 Å². The van der Waals surface area contributed by atoms with Crippen LogP contribution in [0.3, 0.4) is 0 Å². The van der Waals surface area contributed by atoms with E-state index in [1.165, 1.54) is 37.1 Å². The summed E-state index contributed by atoms with van der Waals surface area (Å²) < 4.78 is 2.16. The lowest BCUT2D eigenvalue weighted by atomic mass is 9.88. The van der Waals surface area contributed by atoms with Crippen LogP contribution in [0, 0.1) is 11.8 Å². The van der Waals surface area contributed by atoms with Crippen LogP contribution in [0.25, 0.3) is 0 Å². The topological polar surface area (TPSA) is 17.8 Å². The molecule has 3 heteroatoms. The predicted molar refractivity (Wildman–Crippen MR) is 77.2 cm³/mol. The van der Waals surface area contributed by atoms with E-state index in [9.17, 15) is 0 Å². The van der Waals surface area contributed by atoms with Crippen molar-refractivity contribution in [3.63, 3.8) is 0 Å². The average Bonchev–Trinajstić information content (AvgIpc) is 3.04. The van der Waals surface area contributed by atoms with Gasteiger partial charge >= 0.3 is 0 Å². The van der Waals surface area contributed by atoms with Crippen molar-refractivity contribution in [1.29, 1.82) is 0 Å². The van der Waals surface area contributed by atoms with Gasteiger partial charge in [-0.25, -0.2) is 0 Å². The van der Waals surface area contributed by atoms with Crippen molar-refractivity contribution in [2.24, 2.45) is 11.8 Å². The second-order valence-corrected chi connectivity index (χ2v) is 5.77. The molecular formula is C15H25ClN2. The highest BCUT2D eigenvalue weighted by Gasteiger charge is 2.25. The van der Waals surface area contributed by atoms with Gasteiger partial charge in [0.05, 0.1) is 5.69 Å². The molecule has 0 aromatic carbocycles. The van der Waals surface area contributed by atoms with Crippen molar-refractivity contribution in [3.8, 4) is 0 Å². The number of alkyl halides is 1. The van der Waals surface area contributed by atoms with Crippen LogP contribution in [0.4, 0.5) is 0 Å². The minimum Gasteiger partial charge on any atom is -0.270 e. The molecule has 0 amide bonds. The Hall–Kier alpha value is -0.500. The van der Waals surface area contributed by atoms with E-state index in [2.05, 4.69) is 29.7 Å². The third kappa shape index (κ3) is 3.09. The monoisotopic (exact) mass is 268 g/mol. The van der Waals surface area contributed by atoms with Crippen LogP contribution in [0.1, 0.15) is 50.9 Å². The van der Waals surface area contributed by atoms with Crippen LogP contribution < -0.4 is 0 Å². The van der Waals surface area contributed by atoms with Crippen LogP contribution in [0.15, 0.2) is 6.07 Å². The molecule has 0 bridgehead atoms. The fourth-order valence-electron chi connectivity index (χ4n) is 3.17. The molecule has 2 nitrogen and oxygen atoms in total. The summed E-state index contributed by atoms with van der Waals surface area (Å²) in [6.07, 6.45) is 7.66. The molecule has 1 aliphatic carbocycles. The van der Waals surface area contributed by atoms with Crippen LogP contribution in [0.2, 0.25) is 0 Å². The largest absolute Gasteiger partial charge is 0.270 e. The third-order valence-electron chi connectivity index (χ3n) is 4.31. The minimum atomic E-state index is 0.640. The second kappa shape index (κ2) is 6.60. The Morgan fingerprint density at radius 3 is 2.67 bits per heavy atom. The standard InChI is InChI=1S/C15H25ClN2/c1-3-14-10-15(18(4-2)17-14)9-13(11-16)12-7-5-6-8-12/h10,12-13H,3-9,11H2,1-2H3. The zero-order chi connectivity index (χ0) is 13.0. The number of aryl methyl sites for hydroxylation is 2. The van der Waals surface area contributed by atoms with Gasteiger partial charge in [0.15, 0.2) is 0 Å². The number of rotatable bonds is 6. The Labute approximate surface area is 116 Å². The lowest BCUT2D eigenvalue weighted by Gasteiger charge is -2.21. The lowest BCUT2D eigenvalue weighted by Crippen LogP contribution is -2.18. The zero-order valence-electron chi connectivity index (χ0n) is 11.7. The Morgan fingerprint density at radius 1 is 1.39 bits per heavy atom. The molecule has 0 radical (unpaired) electrons. The molecule has 1 aromatic rings. The van der Waals surface area contributed by atoms with Crippen LogP contribution in [-0.4, -0.2) is 15.7 Å². The summed E-state index contributed by atoms with van der Waals surface area (Å²) in [5, 5.41) is 4.63. The van der Waals surface area contributed by atoms with Gasteiger partial charge in [-0.3, -0.25) is 4.68 Å². The molecule has 1 unspecified atom stereocenters. The van der Waals surface area contributed by atoms with E-state index >= 15 is 0 Å². The maximum absolute atomic E-state index is 6.20. The molecule has 2 rings (SSSR count). The molecule has 1 atom stereocenters. The molecule has 0 N–H and O–H groups in total. The molecule has 102 valence electrons. The maximum Gasteiger partial charge on any atom is 0.0624 e. The number of aromatic nitrogens is 2. The Morgan fingerprint density at radius 2 is 2.11 bits per heavy atom. The predicted octanol–water partition coefficient (Wildman–Crippen LogP) is 4.05. The quantitative estimate of drug-likeness (QED) is 0.712. The molecule has 1 aliphatic rings. The van der Waals surface area contributed by atoms with Gasteiger partial charge in [-0.15, -0.1) is 11.6 Å². The molecule has 0 spiro atoms. The third-order valence-corrected chi connectivity index (χ3v) is 4.71. The van der Waals surface area contributed by atoms with Gasteiger partial charge in [0, 0.05) is 18.1 Å². The van der Waals surface area contributed by atoms with Crippen molar-refractivity contribution in [2.75, 3.05) is 5.88 Å². The zero-order valence-corrected chi connectivity index (χ0v) is 12.4. The Balaban J connectivity index is 2.07. The van der Waals surface area contributed by atoms with E-state index in [-0.39, 0.29) is 0 Å². The van der Waals surface area contributed by atoms with Gasteiger partial charge in [0.1, 0.15) is 0 Å². The minimum absolute atomic E-state index is 0.640. The van der Waals surface area contributed by atoms with Crippen LogP contribution in [-0.2, 0) is 19.4 Å². The summed E-state index contributed by atoms with van der Waals surface area (Å²) in [5.41, 5.74) is 2.60. The molecule has 1 aromatic heterocycles. The van der Waals surface area contributed by atoms with E-state index in [0.29, 0.717) is 5.92 Å². The summed E-state index contributed by atoms with van der Waals surface area (Å²) in [4.78, 5) is 0. The van der Waals surface area contributed by atoms with Crippen molar-refractivity contribution in [1.82, 2.24) is 9.78 Å². The molecule has 0 aliphatic heterocycles. The number of hydrogen-bond acceptors (Lipinski definition) is 1. The summed E-state index contributed by atoms with van der Waals surface area (Å²) in [5.74, 6) is 2.27. The Bertz CT molecular complexity index is 367. The highest BCUT2D eigenvalue weighted by Crippen LogP contribution is 2.34. The van der Waals surface area contributed by atoms with E-state index in [1.54, 1.807) is 0 Å². The first-order valence-corrected chi connectivity index (χ1v) is 7.93. The van der Waals surface area contributed by atoms with Crippen molar-refractivity contribution < 1.29 is 0 Å². The average molecular weight is 269 g/mol. The summed E-state index contributed by atoms with van der Waals surface area (Å²) in [6.45, 7) is 5.30. The maximum atomic E-state index is 6.20. The summed E-state index contributed by atoms with van der Waals surface area (Å²) in [6, 6.07) is 2.28. The van der Waals surface area contributed by atoms with Crippen molar-refractivity contribution in [3.05, 3.63) is 17.5 Å². The van der Waals surface area contributed by atoms with Gasteiger partial charge in [-0.1, -0.05) is 32.6 Å². The van der Waals surface area contributed by atoms with E-state index in [0.717, 1.165) is 31.2 Å². The van der Waals surface area contributed by atoms with Gasteiger partial charge in [-0.2, -0.15) is 5.10 Å². The SMILES string of the molecule is CCc1cc(CC(CCl)C2CCCC2)n(CC)n1. The highest BCUT2D eigenvalue weighted by molar-refractivity contribution is 6.18. The molecule has 18 heavy (non-hydrogen) atoms. The second-order valence-electron chi connectivity index (χ2n) is 5.46. The van der Waals surface area contributed by atoms with Gasteiger partial charge in [0.25, 0.3) is 0 Å². The Kier molecular flexibility index (Phi) is 5.11. The van der Waals surface area contributed by atoms with E-state index in [4.69, 9.17) is 11.6 Å². The molecule has 1 saturated carbocycles. The fourth-order valence-corrected chi connectivity index (χ4v) is 3.53. The van der Waals surface area contributed by atoms with Crippen LogP contribution >= 0.6 is 11.6 Å². The number of nitrogens with zero attached hydrogens (tertiary/aromatic N) is 2. The highest BCUT2D eigenvalue weighted by atomic mass is 35.5. The number of halogens is 1. The van der Waals surface area contributed by atoms with E-state index in [1.807, 2.05) is 0 Å². The smallest absolute Gasteiger partial charge is 0.0624 e. The lowest BCUT2D eigenvalue weighted by molar-refractivity contribution is 0.360. The van der Waals surface area contributed by atoms with Gasteiger partial charge in [-0.05, 0) is 37.7 Å². The van der Waals surface area contributed by atoms with Crippen LogP contribution in [0.5, 0.6) is 0 Å². The first kappa shape index (κ1) is 13.9. The fraction of sp³-hybridized carbons (Fsp3) is 0.800. The molecule has 1 fully saturated rings. The first-order valence-electron chi connectivity index (χ1n) is 7.40. The molecular weight excluding hydrogens is 244 g/mol. The first-order chi connectivity index (χ1) is 8.78. The summed E-state index contributed by atoms with van der Waals surface area (Å²) >= 11 is 6.20. The summed E-state index contributed by atoms with van der Waals surface area (Å²) in [7, 11) is 0. The molecule has 1 heterocycles. The normalized spacial score (nSPS) is 18.4. The van der Waals surface area contributed by atoms with Crippen molar-refractivity contribution in [2.45, 2.75) is 58.9 Å². The number of hydrogen-bond donors (Lipinski definition) is 0. The van der Waals surface area contributed by atoms with Gasteiger partial charge in [0.2, 0.25) is 0 Å². The van der Waals surface area contributed by atoms with E-state index < -0.39 is 0 Å². The molecule has 0 saturated heterocycles. The van der Waals surface area contributed by atoms with Crippen molar-refractivity contribution >= 4 is 11.6 Å².